The van der Waals surface area contributed by atoms with Gasteiger partial charge in [0.1, 0.15) is 11.4 Å². The summed E-state index contributed by atoms with van der Waals surface area (Å²) < 4.78 is 5.14. The fourth-order valence-electron chi connectivity index (χ4n) is 2.99. The molecule has 3 rings (SSSR count). The zero-order chi connectivity index (χ0) is 20.3. The van der Waals surface area contributed by atoms with Crippen LogP contribution in [0, 0.1) is 0 Å². The lowest BCUT2D eigenvalue weighted by Gasteiger charge is -2.12. The zero-order valence-corrected chi connectivity index (χ0v) is 15.9. The van der Waals surface area contributed by atoms with Crippen LogP contribution < -0.4 is 15.4 Å². The van der Waals surface area contributed by atoms with Crippen molar-refractivity contribution in [3.63, 3.8) is 0 Å². The molecule has 2 aromatic carbocycles. The predicted octanol–water partition coefficient (Wildman–Crippen LogP) is 2.87. The van der Waals surface area contributed by atoms with Gasteiger partial charge in [-0.05, 0) is 48.9 Å². The maximum atomic E-state index is 12.8. The second-order valence-corrected chi connectivity index (χ2v) is 6.22. The van der Waals surface area contributed by atoms with E-state index in [1.54, 1.807) is 62.6 Å². The van der Waals surface area contributed by atoms with Crippen LogP contribution in [-0.4, -0.2) is 36.3 Å². The van der Waals surface area contributed by atoms with Gasteiger partial charge < -0.3 is 15.4 Å². The molecule has 0 unspecified atom stereocenters. The fourth-order valence-corrected chi connectivity index (χ4v) is 2.99. The summed E-state index contributed by atoms with van der Waals surface area (Å²) in [6.07, 6.45) is 0. The molecule has 3 amide bonds. The van der Waals surface area contributed by atoms with Crippen molar-refractivity contribution in [3.8, 4) is 5.75 Å². The van der Waals surface area contributed by atoms with Crippen molar-refractivity contribution in [3.05, 3.63) is 59.8 Å². The minimum Gasteiger partial charge on any atom is -0.497 e. The van der Waals surface area contributed by atoms with Gasteiger partial charge >= 0.3 is 0 Å². The summed E-state index contributed by atoms with van der Waals surface area (Å²) in [6, 6.07) is 13.9. The smallest absolute Gasteiger partial charge is 0.278 e. The minimum atomic E-state index is -0.371. The molecule has 0 bridgehead atoms. The topological polar surface area (TPSA) is 87.7 Å². The van der Waals surface area contributed by atoms with E-state index >= 15 is 0 Å². The molecule has 0 saturated carbocycles. The molecule has 0 aromatic heterocycles. The number of carbonyl (C=O) groups is 3. The number of carbonyl (C=O) groups excluding carboxylic acids is 3. The lowest BCUT2D eigenvalue weighted by atomic mass is 10.0. The Labute approximate surface area is 163 Å². The Balaban J connectivity index is 1.99. The maximum absolute atomic E-state index is 12.8. The van der Waals surface area contributed by atoms with Crippen LogP contribution in [0.15, 0.2) is 54.2 Å². The van der Waals surface area contributed by atoms with Crippen LogP contribution >= 0.6 is 0 Å². The first kappa shape index (κ1) is 19.2. The molecule has 144 valence electrons. The highest BCUT2D eigenvalue weighted by atomic mass is 16.5. The van der Waals surface area contributed by atoms with E-state index in [-0.39, 0.29) is 30.0 Å². The van der Waals surface area contributed by atoms with Crippen molar-refractivity contribution in [2.75, 3.05) is 24.3 Å². The molecule has 1 aliphatic rings. The predicted molar refractivity (Wildman–Crippen MR) is 107 cm³/mol. The average Bonchev–Trinajstić information content (AvgIpc) is 2.92. The standard InChI is InChI=1S/C21H21N3O4/c1-4-24-20(26)18(14-5-7-15(8-6-14)22-13(2)25)19(21(24)27)23-16-9-11-17(28-3)12-10-16/h5-12,23H,4H2,1-3H3,(H,22,25). The van der Waals surface area contributed by atoms with Gasteiger partial charge in [0.2, 0.25) is 5.91 Å². The molecule has 2 N–H and O–H groups in total. The number of nitrogens with one attached hydrogen (secondary N) is 2. The van der Waals surface area contributed by atoms with Gasteiger partial charge in [0.05, 0.1) is 12.7 Å². The van der Waals surface area contributed by atoms with Crippen molar-refractivity contribution in [2.45, 2.75) is 13.8 Å². The molecule has 0 fully saturated rings. The third-order valence-corrected chi connectivity index (χ3v) is 4.34. The highest BCUT2D eigenvalue weighted by molar-refractivity contribution is 6.36. The normalized spacial score (nSPS) is 13.8. The molecule has 1 heterocycles. The third-order valence-electron chi connectivity index (χ3n) is 4.34. The molecule has 7 heteroatoms. The number of rotatable bonds is 6. The van der Waals surface area contributed by atoms with Gasteiger partial charge in [0.15, 0.2) is 0 Å². The Bertz CT molecular complexity index is 947. The zero-order valence-electron chi connectivity index (χ0n) is 15.9. The van der Waals surface area contributed by atoms with Gasteiger partial charge in [-0.1, -0.05) is 12.1 Å². The lowest BCUT2D eigenvalue weighted by Crippen LogP contribution is -2.32. The van der Waals surface area contributed by atoms with Crippen LogP contribution in [0.1, 0.15) is 19.4 Å². The van der Waals surface area contributed by atoms with Crippen molar-refractivity contribution in [1.29, 1.82) is 0 Å². The number of anilines is 2. The number of hydrogen-bond acceptors (Lipinski definition) is 5. The number of imide groups is 1. The monoisotopic (exact) mass is 379 g/mol. The van der Waals surface area contributed by atoms with Crippen LogP contribution in [0.4, 0.5) is 11.4 Å². The second kappa shape index (κ2) is 7.96. The minimum absolute atomic E-state index is 0.182. The Hall–Kier alpha value is -3.61. The summed E-state index contributed by atoms with van der Waals surface area (Å²) in [6.45, 7) is 3.45. The third kappa shape index (κ3) is 3.73. The molecule has 0 spiro atoms. The Morgan fingerprint density at radius 1 is 0.964 bits per heavy atom. The molecular weight excluding hydrogens is 358 g/mol. The van der Waals surface area contributed by atoms with Crippen LogP contribution in [-0.2, 0) is 14.4 Å². The molecule has 0 aliphatic carbocycles. The molecule has 0 saturated heterocycles. The number of hydrogen-bond donors (Lipinski definition) is 2. The highest BCUT2D eigenvalue weighted by Crippen LogP contribution is 2.31. The van der Waals surface area contributed by atoms with Crippen LogP contribution in [0.2, 0.25) is 0 Å². The van der Waals surface area contributed by atoms with E-state index in [9.17, 15) is 14.4 Å². The van der Waals surface area contributed by atoms with E-state index in [4.69, 9.17) is 4.74 Å². The van der Waals surface area contributed by atoms with Gasteiger partial charge in [-0.2, -0.15) is 0 Å². The Morgan fingerprint density at radius 3 is 2.11 bits per heavy atom. The quantitative estimate of drug-likeness (QED) is 0.754. The van der Waals surface area contributed by atoms with Gasteiger partial charge in [0, 0.05) is 24.8 Å². The number of likely N-dealkylation sites (N-methyl/N-ethyl adjacent to an activating group) is 1. The fraction of sp³-hybridized carbons (Fsp3) is 0.190. The van der Waals surface area contributed by atoms with Crippen molar-refractivity contribution in [1.82, 2.24) is 4.90 Å². The van der Waals surface area contributed by atoms with E-state index in [1.165, 1.54) is 11.8 Å². The first-order valence-corrected chi connectivity index (χ1v) is 8.84. The molecular formula is C21H21N3O4. The number of ether oxygens (including phenoxy) is 1. The van der Waals surface area contributed by atoms with Gasteiger partial charge in [-0.25, -0.2) is 0 Å². The SMILES string of the molecule is CCN1C(=O)C(Nc2ccc(OC)cc2)=C(c2ccc(NC(C)=O)cc2)C1=O. The van der Waals surface area contributed by atoms with E-state index in [2.05, 4.69) is 10.6 Å². The van der Waals surface area contributed by atoms with Gasteiger partial charge in [0.25, 0.3) is 11.8 Å². The Kier molecular flexibility index (Phi) is 5.44. The number of benzene rings is 2. The largest absolute Gasteiger partial charge is 0.497 e. The molecule has 0 atom stereocenters. The van der Waals surface area contributed by atoms with E-state index < -0.39 is 0 Å². The Morgan fingerprint density at radius 2 is 1.57 bits per heavy atom. The van der Waals surface area contributed by atoms with Gasteiger partial charge in [-0.3, -0.25) is 19.3 Å². The van der Waals surface area contributed by atoms with E-state index in [1.807, 2.05) is 0 Å². The maximum Gasteiger partial charge on any atom is 0.278 e. The summed E-state index contributed by atoms with van der Waals surface area (Å²) in [5.74, 6) is -0.213. The van der Waals surface area contributed by atoms with Crippen molar-refractivity contribution >= 4 is 34.7 Å². The summed E-state index contributed by atoms with van der Waals surface area (Å²) in [4.78, 5) is 38.0. The van der Waals surface area contributed by atoms with Crippen molar-refractivity contribution < 1.29 is 19.1 Å². The van der Waals surface area contributed by atoms with E-state index in [0.717, 1.165) is 0 Å². The first-order chi connectivity index (χ1) is 13.4. The van der Waals surface area contributed by atoms with Crippen LogP contribution in [0.25, 0.3) is 5.57 Å². The second-order valence-electron chi connectivity index (χ2n) is 6.22. The summed E-state index contributed by atoms with van der Waals surface area (Å²) in [7, 11) is 1.58. The summed E-state index contributed by atoms with van der Waals surface area (Å²) >= 11 is 0. The average molecular weight is 379 g/mol. The molecule has 2 aromatic rings. The van der Waals surface area contributed by atoms with E-state index in [0.29, 0.717) is 28.3 Å². The van der Waals surface area contributed by atoms with Crippen molar-refractivity contribution in [2.24, 2.45) is 0 Å². The number of amides is 3. The summed E-state index contributed by atoms with van der Waals surface area (Å²) in [5, 5.41) is 5.75. The lowest BCUT2D eigenvalue weighted by molar-refractivity contribution is -0.136. The van der Waals surface area contributed by atoms with Crippen LogP contribution in [0.3, 0.4) is 0 Å². The molecule has 28 heavy (non-hydrogen) atoms. The molecule has 1 aliphatic heterocycles. The summed E-state index contributed by atoms with van der Waals surface area (Å²) in [5.41, 5.74) is 2.41. The molecule has 0 radical (unpaired) electrons. The van der Waals surface area contributed by atoms with Gasteiger partial charge in [-0.15, -0.1) is 0 Å². The van der Waals surface area contributed by atoms with Crippen LogP contribution in [0.5, 0.6) is 5.75 Å². The highest BCUT2D eigenvalue weighted by Gasteiger charge is 2.38. The number of methoxy groups -OCH3 is 1. The first-order valence-electron chi connectivity index (χ1n) is 8.84. The molecule has 7 nitrogen and oxygen atoms in total. The number of nitrogens with zero attached hydrogens (tertiary/aromatic N) is 1.